The van der Waals surface area contributed by atoms with E-state index in [1.165, 1.54) is 31.3 Å². The van der Waals surface area contributed by atoms with Crippen molar-refractivity contribution in [2.75, 3.05) is 6.54 Å². The molecule has 3 heteroatoms. The Morgan fingerprint density at radius 3 is 2.63 bits per heavy atom. The lowest BCUT2D eigenvalue weighted by molar-refractivity contribution is -0.132. The molecule has 0 aromatic heterocycles. The van der Waals surface area contributed by atoms with E-state index in [0.29, 0.717) is 29.4 Å². The average Bonchev–Trinajstić information content (AvgIpc) is 2.97. The first-order valence-electron chi connectivity index (χ1n) is 11.3. The number of fused-ring (bicyclic) bond motifs is 5. The fourth-order valence-corrected chi connectivity index (χ4v) is 7.42. The Balaban J connectivity index is 1.55. The lowest BCUT2D eigenvalue weighted by Crippen LogP contribution is -2.52. The van der Waals surface area contributed by atoms with Gasteiger partial charge in [-0.15, -0.1) is 0 Å². The summed E-state index contributed by atoms with van der Waals surface area (Å²) in [4.78, 5) is 24.9. The molecule has 1 N–H and O–H groups in total. The molecule has 0 bridgehead atoms. The van der Waals surface area contributed by atoms with Gasteiger partial charge in [-0.1, -0.05) is 33.3 Å². The summed E-state index contributed by atoms with van der Waals surface area (Å²) in [7, 11) is 0. The molecule has 3 nitrogen and oxygen atoms in total. The van der Waals surface area contributed by atoms with Crippen LogP contribution in [-0.4, -0.2) is 18.2 Å². The zero-order valence-corrected chi connectivity index (χ0v) is 17.6. The molecule has 27 heavy (non-hydrogen) atoms. The van der Waals surface area contributed by atoms with Gasteiger partial charge in [0.25, 0.3) is 0 Å². The predicted octanol–water partition coefficient (Wildman–Crippen LogP) is 4.91. The van der Waals surface area contributed by atoms with Crippen LogP contribution < -0.4 is 5.32 Å². The van der Waals surface area contributed by atoms with Crippen LogP contribution in [0.4, 0.5) is 0 Å². The number of carbonyl (C=O) groups is 2. The third-order valence-electron chi connectivity index (χ3n) is 8.96. The van der Waals surface area contributed by atoms with E-state index >= 15 is 0 Å². The van der Waals surface area contributed by atoms with Gasteiger partial charge in [-0.3, -0.25) is 9.59 Å². The molecule has 150 valence electrons. The monoisotopic (exact) mass is 371 g/mol. The highest BCUT2D eigenvalue weighted by Crippen LogP contribution is 2.66. The van der Waals surface area contributed by atoms with Crippen LogP contribution in [-0.2, 0) is 9.59 Å². The molecule has 1 amide bonds. The molecule has 4 aliphatic carbocycles. The number of allylic oxidation sites excluding steroid dienone is 1. The van der Waals surface area contributed by atoms with Gasteiger partial charge in [0, 0.05) is 18.9 Å². The Morgan fingerprint density at radius 2 is 1.89 bits per heavy atom. The van der Waals surface area contributed by atoms with E-state index in [1.54, 1.807) is 0 Å². The average molecular weight is 372 g/mol. The van der Waals surface area contributed by atoms with E-state index in [2.05, 4.69) is 33.0 Å². The quantitative estimate of drug-likeness (QED) is 0.766. The number of hydrogen-bond donors (Lipinski definition) is 1. The minimum absolute atomic E-state index is 0.171. The van der Waals surface area contributed by atoms with Crippen molar-refractivity contribution in [2.24, 2.45) is 40.4 Å². The Bertz CT molecular complexity index is 665. The van der Waals surface area contributed by atoms with Crippen LogP contribution in [0.25, 0.3) is 0 Å². The zero-order chi connectivity index (χ0) is 19.4. The van der Waals surface area contributed by atoms with Gasteiger partial charge < -0.3 is 5.32 Å². The second-order valence-corrected chi connectivity index (χ2v) is 10.8. The first-order valence-corrected chi connectivity index (χ1v) is 11.3. The summed E-state index contributed by atoms with van der Waals surface area (Å²) in [6.07, 6.45) is 10.8. The van der Waals surface area contributed by atoms with Crippen molar-refractivity contribution in [1.29, 1.82) is 0 Å². The number of rotatable bonds is 3. The van der Waals surface area contributed by atoms with Crippen LogP contribution in [0.3, 0.4) is 0 Å². The molecule has 0 aromatic carbocycles. The van der Waals surface area contributed by atoms with E-state index in [4.69, 9.17) is 0 Å². The molecule has 0 spiro atoms. The van der Waals surface area contributed by atoms with Gasteiger partial charge in [-0.25, -0.2) is 0 Å². The minimum Gasteiger partial charge on any atom is -0.356 e. The van der Waals surface area contributed by atoms with Gasteiger partial charge in [0.2, 0.25) is 5.91 Å². The number of amides is 1. The van der Waals surface area contributed by atoms with Gasteiger partial charge in [0.15, 0.2) is 5.78 Å². The van der Waals surface area contributed by atoms with E-state index in [9.17, 15) is 9.59 Å². The van der Waals surface area contributed by atoms with E-state index in [0.717, 1.165) is 38.1 Å². The van der Waals surface area contributed by atoms with E-state index in [1.807, 2.05) is 6.08 Å². The standard InChI is InChI=1S/C24H37NO2/c1-15(2)14-25-22(27)21-8-7-19-18-6-5-16-13-17(26)9-11-23(16,3)20(18)10-12-24(19,21)4/h13,15,18-21H,5-12,14H2,1-4H3,(H,25,27)/t18-,19-,20-,21+,23-,24-/m0/s1. The molecule has 0 saturated heterocycles. The largest absolute Gasteiger partial charge is 0.356 e. The first kappa shape index (κ1) is 19.2. The summed E-state index contributed by atoms with van der Waals surface area (Å²) < 4.78 is 0. The Hall–Kier alpha value is -1.12. The highest BCUT2D eigenvalue weighted by atomic mass is 16.2. The summed E-state index contributed by atoms with van der Waals surface area (Å²) in [5.41, 5.74) is 1.84. The van der Waals surface area contributed by atoms with E-state index in [-0.39, 0.29) is 16.7 Å². The van der Waals surface area contributed by atoms with Crippen LogP contribution in [0.5, 0.6) is 0 Å². The second kappa shape index (κ2) is 6.74. The van der Waals surface area contributed by atoms with Gasteiger partial charge >= 0.3 is 0 Å². The molecule has 4 aliphatic rings. The third-order valence-corrected chi connectivity index (χ3v) is 8.96. The third kappa shape index (κ3) is 3.00. The molecule has 4 rings (SSSR count). The molecule has 3 fully saturated rings. The Kier molecular flexibility index (Phi) is 4.79. The maximum atomic E-state index is 12.9. The number of ketones is 1. The fraction of sp³-hybridized carbons (Fsp3) is 0.833. The smallest absolute Gasteiger partial charge is 0.223 e. The van der Waals surface area contributed by atoms with Crippen molar-refractivity contribution >= 4 is 11.7 Å². The second-order valence-electron chi connectivity index (χ2n) is 10.8. The van der Waals surface area contributed by atoms with Crippen molar-refractivity contribution in [3.63, 3.8) is 0 Å². The molecular weight excluding hydrogens is 334 g/mol. The Labute approximate surface area is 164 Å². The van der Waals surface area contributed by atoms with Gasteiger partial charge in [-0.05, 0) is 85.5 Å². The predicted molar refractivity (Wildman–Crippen MR) is 108 cm³/mol. The van der Waals surface area contributed by atoms with Crippen LogP contribution >= 0.6 is 0 Å². The van der Waals surface area contributed by atoms with Crippen molar-refractivity contribution < 1.29 is 9.59 Å². The molecule has 0 heterocycles. The number of hydrogen-bond acceptors (Lipinski definition) is 2. The van der Waals surface area contributed by atoms with Crippen LogP contribution in [0, 0.1) is 40.4 Å². The van der Waals surface area contributed by atoms with Gasteiger partial charge in [-0.2, -0.15) is 0 Å². The normalized spacial score (nSPS) is 43.6. The van der Waals surface area contributed by atoms with Gasteiger partial charge in [0.05, 0.1) is 0 Å². The Morgan fingerprint density at radius 1 is 1.11 bits per heavy atom. The molecule has 0 aliphatic heterocycles. The van der Waals surface area contributed by atoms with Crippen molar-refractivity contribution in [3.05, 3.63) is 11.6 Å². The lowest BCUT2D eigenvalue weighted by Gasteiger charge is -2.58. The summed E-state index contributed by atoms with van der Waals surface area (Å²) >= 11 is 0. The summed E-state index contributed by atoms with van der Waals surface area (Å²) in [5.74, 6) is 3.47. The molecule has 0 unspecified atom stereocenters. The summed E-state index contributed by atoms with van der Waals surface area (Å²) in [5, 5.41) is 3.23. The van der Waals surface area contributed by atoms with Crippen molar-refractivity contribution in [2.45, 2.75) is 79.1 Å². The first-order chi connectivity index (χ1) is 12.8. The molecule has 0 radical (unpaired) electrons. The van der Waals surface area contributed by atoms with Crippen LogP contribution in [0.2, 0.25) is 0 Å². The molecule has 6 atom stereocenters. The number of carbonyl (C=O) groups excluding carboxylic acids is 2. The summed E-state index contributed by atoms with van der Waals surface area (Å²) in [6, 6.07) is 0. The fourth-order valence-electron chi connectivity index (χ4n) is 7.42. The van der Waals surface area contributed by atoms with Crippen LogP contribution in [0.15, 0.2) is 11.6 Å². The van der Waals surface area contributed by atoms with Gasteiger partial charge in [0.1, 0.15) is 0 Å². The minimum atomic E-state index is 0.171. The zero-order valence-electron chi connectivity index (χ0n) is 17.6. The van der Waals surface area contributed by atoms with Crippen molar-refractivity contribution in [3.8, 4) is 0 Å². The number of nitrogens with one attached hydrogen (secondary N) is 1. The van der Waals surface area contributed by atoms with Crippen LogP contribution in [0.1, 0.15) is 79.1 Å². The lowest BCUT2D eigenvalue weighted by atomic mass is 9.47. The SMILES string of the molecule is CC(C)CNC(=O)[C@H]1CC[C@H]2[C@@H]3CCC4=CC(=O)CC[C@]4(C)[C@H]3CC[C@]12C. The van der Waals surface area contributed by atoms with Crippen molar-refractivity contribution in [1.82, 2.24) is 5.32 Å². The summed E-state index contributed by atoms with van der Waals surface area (Å²) in [6.45, 7) is 9.97. The maximum Gasteiger partial charge on any atom is 0.223 e. The molecule has 3 saturated carbocycles. The maximum absolute atomic E-state index is 12.9. The highest BCUT2D eigenvalue weighted by molar-refractivity contribution is 5.91. The topological polar surface area (TPSA) is 46.2 Å². The molecular formula is C24H37NO2. The van der Waals surface area contributed by atoms with E-state index < -0.39 is 0 Å². The molecule has 0 aromatic rings. The highest BCUT2D eigenvalue weighted by Gasteiger charge is 2.60.